The lowest BCUT2D eigenvalue weighted by molar-refractivity contribution is 1.11. The monoisotopic (exact) mass is 122 g/mol. The predicted octanol–water partition coefficient (Wildman–Crippen LogP) is 0.709. The van der Waals surface area contributed by atoms with Crippen LogP contribution in [0.1, 0.15) is 6.92 Å². The molecule has 0 bridgehead atoms. The van der Waals surface area contributed by atoms with Crippen molar-refractivity contribution in [1.82, 2.24) is 9.97 Å². The van der Waals surface area contributed by atoms with Gasteiger partial charge in [-0.25, -0.2) is 9.97 Å². The van der Waals surface area contributed by atoms with Crippen LogP contribution < -0.4 is 5.32 Å². The molecule has 0 fully saturated rings. The molecule has 0 aliphatic heterocycles. The third-order valence-corrected chi connectivity index (χ3v) is 0.860. The van der Waals surface area contributed by atoms with Gasteiger partial charge < -0.3 is 5.32 Å². The average Bonchev–Trinajstić information content (AvgIpc) is 1.91. The van der Waals surface area contributed by atoms with Gasteiger partial charge in [-0.2, -0.15) is 0 Å². The van der Waals surface area contributed by atoms with Gasteiger partial charge in [0.15, 0.2) is 5.82 Å². The molecule has 1 rings (SSSR count). The Kier molecular flexibility index (Phi) is 2.01. The number of nitrogens with one attached hydrogen (secondary N) is 1. The van der Waals surface area contributed by atoms with Gasteiger partial charge in [-0.05, 0) is 6.92 Å². The third kappa shape index (κ3) is 1.68. The summed E-state index contributed by atoms with van der Waals surface area (Å²) in [5.74, 6) is 0.708. The van der Waals surface area contributed by atoms with E-state index in [0.717, 1.165) is 6.54 Å². The van der Waals surface area contributed by atoms with Gasteiger partial charge in [0.25, 0.3) is 0 Å². The van der Waals surface area contributed by atoms with Crippen LogP contribution >= 0.6 is 0 Å². The molecule has 1 aromatic rings. The molecule has 1 N–H and O–H groups in total. The zero-order valence-electron chi connectivity index (χ0n) is 5.26. The molecule has 3 nitrogen and oxygen atoms in total. The highest BCUT2D eigenvalue weighted by molar-refractivity contribution is 5.27. The minimum absolute atomic E-state index is 0.708. The van der Waals surface area contributed by atoms with Crippen LogP contribution in [0.15, 0.2) is 12.4 Å². The maximum atomic E-state index is 3.94. The van der Waals surface area contributed by atoms with Crippen molar-refractivity contribution in [1.29, 1.82) is 0 Å². The van der Waals surface area contributed by atoms with E-state index in [1.165, 1.54) is 0 Å². The van der Waals surface area contributed by atoms with E-state index in [-0.39, 0.29) is 0 Å². The van der Waals surface area contributed by atoms with Gasteiger partial charge in [0.1, 0.15) is 6.20 Å². The highest BCUT2D eigenvalue weighted by atomic mass is 15.0. The van der Waals surface area contributed by atoms with Crippen molar-refractivity contribution in [2.75, 3.05) is 11.9 Å². The van der Waals surface area contributed by atoms with Crippen LogP contribution in [0.2, 0.25) is 0 Å². The van der Waals surface area contributed by atoms with E-state index in [1.54, 1.807) is 12.4 Å². The van der Waals surface area contributed by atoms with Gasteiger partial charge in [-0.3, -0.25) is 0 Å². The summed E-state index contributed by atoms with van der Waals surface area (Å²) in [7, 11) is 0. The molecule has 9 heavy (non-hydrogen) atoms. The van der Waals surface area contributed by atoms with Gasteiger partial charge in [-0.1, -0.05) is 0 Å². The standard InChI is InChI=1S/C6H8N3/c1-2-8-6-5-7-3-4-9-6/h3-4H,2H2,1H3,(H,8,9). The Morgan fingerprint density at radius 2 is 2.56 bits per heavy atom. The van der Waals surface area contributed by atoms with Gasteiger partial charge >= 0.3 is 0 Å². The van der Waals surface area contributed by atoms with Crippen molar-refractivity contribution < 1.29 is 0 Å². The molecule has 0 spiro atoms. The summed E-state index contributed by atoms with van der Waals surface area (Å²) in [6.45, 7) is 2.86. The number of hydrogen-bond donors (Lipinski definition) is 1. The molecule has 0 saturated carbocycles. The molecule has 1 heterocycles. The Bertz CT molecular complexity index is 161. The summed E-state index contributed by atoms with van der Waals surface area (Å²) in [5, 5.41) is 2.98. The second kappa shape index (κ2) is 3.02. The molecule has 1 radical (unpaired) electrons. The first-order valence-electron chi connectivity index (χ1n) is 2.86. The van der Waals surface area contributed by atoms with E-state index in [1.807, 2.05) is 6.92 Å². The maximum absolute atomic E-state index is 3.94. The second-order valence-electron chi connectivity index (χ2n) is 1.55. The quantitative estimate of drug-likeness (QED) is 0.627. The number of anilines is 1. The van der Waals surface area contributed by atoms with E-state index in [0.29, 0.717) is 5.82 Å². The Balaban J connectivity index is 2.61. The molecule has 1 aromatic heterocycles. The minimum Gasteiger partial charge on any atom is -0.368 e. The first kappa shape index (κ1) is 6.01. The fourth-order valence-electron chi connectivity index (χ4n) is 0.521. The fourth-order valence-corrected chi connectivity index (χ4v) is 0.521. The molecule has 0 aliphatic carbocycles. The van der Waals surface area contributed by atoms with E-state index in [4.69, 9.17) is 0 Å². The Morgan fingerprint density at radius 3 is 3.11 bits per heavy atom. The van der Waals surface area contributed by atoms with E-state index in [9.17, 15) is 0 Å². The molecule has 0 amide bonds. The van der Waals surface area contributed by atoms with Crippen molar-refractivity contribution in [3.05, 3.63) is 18.6 Å². The van der Waals surface area contributed by atoms with Gasteiger partial charge in [-0.15, -0.1) is 0 Å². The number of hydrogen-bond acceptors (Lipinski definition) is 3. The molecule has 0 saturated heterocycles. The predicted molar refractivity (Wildman–Crippen MR) is 35.0 cm³/mol. The molecule has 47 valence electrons. The molecular weight excluding hydrogens is 114 g/mol. The number of nitrogens with zero attached hydrogens (tertiary/aromatic N) is 2. The van der Waals surface area contributed by atoms with Gasteiger partial charge in [0, 0.05) is 18.9 Å². The summed E-state index contributed by atoms with van der Waals surface area (Å²) < 4.78 is 0. The summed E-state index contributed by atoms with van der Waals surface area (Å²) in [6.07, 6.45) is 5.93. The number of aromatic nitrogens is 2. The highest BCUT2D eigenvalue weighted by Crippen LogP contribution is 1.92. The smallest absolute Gasteiger partial charge is 0.154 e. The van der Waals surface area contributed by atoms with Crippen molar-refractivity contribution in [3.8, 4) is 0 Å². The van der Waals surface area contributed by atoms with E-state index >= 15 is 0 Å². The maximum Gasteiger partial charge on any atom is 0.154 e. The van der Waals surface area contributed by atoms with Gasteiger partial charge in [0.05, 0.1) is 0 Å². The summed E-state index contributed by atoms with van der Waals surface area (Å²) in [5.41, 5.74) is 0. The SMILES string of the molecule is CCNc1[c]nccn1. The lowest BCUT2D eigenvalue weighted by Crippen LogP contribution is -1.98. The molecule has 0 aromatic carbocycles. The van der Waals surface area contributed by atoms with Crippen LogP contribution in [0.25, 0.3) is 0 Å². The molecule has 0 unspecified atom stereocenters. The van der Waals surface area contributed by atoms with Crippen molar-refractivity contribution in [3.63, 3.8) is 0 Å². The Hall–Kier alpha value is -1.12. The van der Waals surface area contributed by atoms with E-state index < -0.39 is 0 Å². The fraction of sp³-hybridized carbons (Fsp3) is 0.333. The summed E-state index contributed by atoms with van der Waals surface area (Å²) >= 11 is 0. The van der Waals surface area contributed by atoms with Crippen molar-refractivity contribution in [2.24, 2.45) is 0 Å². The second-order valence-corrected chi connectivity index (χ2v) is 1.55. The van der Waals surface area contributed by atoms with E-state index in [2.05, 4.69) is 21.5 Å². The minimum atomic E-state index is 0.708. The zero-order chi connectivity index (χ0) is 6.53. The van der Waals surface area contributed by atoms with Crippen LogP contribution in [0.3, 0.4) is 0 Å². The lowest BCUT2D eigenvalue weighted by atomic mass is 10.6. The summed E-state index contributed by atoms with van der Waals surface area (Å²) in [6, 6.07) is 0. The zero-order valence-corrected chi connectivity index (χ0v) is 5.26. The first-order chi connectivity index (χ1) is 4.43. The normalized spacial score (nSPS) is 9.00. The average molecular weight is 122 g/mol. The van der Waals surface area contributed by atoms with Gasteiger partial charge in [0.2, 0.25) is 0 Å². The third-order valence-electron chi connectivity index (χ3n) is 0.860. The Morgan fingerprint density at radius 1 is 1.67 bits per heavy atom. The highest BCUT2D eigenvalue weighted by Gasteiger charge is 1.85. The molecule has 0 atom stereocenters. The summed E-state index contributed by atoms with van der Waals surface area (Å²) in [4.78, 5) is 7.69. The number of rotatable bonds is 2. The first-order valence-corrected chi connectivity index (χ1v) is 2.86. The molecule has 3 heteroatoms. The Labute approximate surface area is 54.2 Å². The van der Waals surface area contributed by atoms with Crippen LogP contribution in [-0.2, 0) is 0 Å². The van der Waals surface area contributed by atoms with Crippen molar-refractivity contribution >= 4 is 5.82 Å². The lowest BCUT2D eigenvalue weighted by Gasteiger charge is -1.96. The largest absolute Gasteiger partial charge is 0.368 e. The van der Waals surface area contributed by atoms with Crippen LogP contribution in [0.4, 0.5) is 5.82 Å². The topological polar surface area (TPSA) is 37.8 Å². The molecular formula is C6H8N3. The van der Waals surface area contributed by atoms with Crippen molar-refractivity contribution in [2.45, 2.75) is 6.92 Å². The van der Waals surface area contributed by atoms with Crippen LogP contribution in [-0.4, -0.2) is 16.5 Å². The van der Waals surface area contributed by atoms with Crippen LogP contribution in [0.5, 0.6) is 0 Å². The van der Waals surface area contributed by atoms with Crippen LogP contribution in [0, 0.1) is 6.20 Å². The molecule has 0 aliphatic rings.